The summed E-state index contributed by atoms with van der Waals surface area (Å²) in [6.45, 7) is 3.90. The number of esters is 1. The molecule has 47 heavy (non-hydrogen) atoms. The van der Waals surface area contributed by atoms with Gasteiger partial charge < -0.3 is 34.7 Å². The fourth-order valence-corrected chi connectivity index (χ4v) is 5.35. The van der Waals surface area contributed by atoms with Crippen molar-refractivity contribution in [2.24, 2.45) is 0 Å². The molecule has 1 amide bonds. The minimum absolute atomic E-state index is 0. The van der Waals surface area contributed by atoms with Crippen molar-refractivity contribution in [1.29, 1.82) is 0 Å². The zero-order valence-corrected chi connectivity index (χ0v) is 28.8. The molecule has 2 atom stereocenters. The largest absolute Gasteiger partial charge is 1.00 e. The Labute approximate surface area is 295 Å². The molecule has 3 aromatic carbocycles. The number of carboxylic acid groups (broad SMARTS) is 1. The molecule has 1 heterocycles. The van der Waals surface area contributed by atoms with Gasteiger partial charge in [0.25, 0.3) is 5.91 Å². The van der Waals surface area contributed by atoms with E-state index in [9.17, 15) is 34.1 Å². The van der Waals surface area contributed by atoms with Gasteiger partial charge in [0.1, 0.15) is 11.5 Å². The van der Waals surface area contributed by atoms with Crippen LogP contribution in [-0.2, 0) is 16.1 Å². The molecule has 0 fully saturated rings. The molecular weight excluding hydrogens is 614 g/mol. The van der Waals surface area contributed by atoms with Crippen LogP contribution in [0.2, 0.25) is 0 Å². The summed E-state index contributed by atoms with van der Waals surface area (Å²) in [6.07, 6.45) is -0.365. The van der Waals surface area contributed by atoms with Crippen molar-refractivity contribution < 1.29 is 68.4 Å². The number of aromatic nitrogens is 1. The Bertz CT molecular complexity index is 1720. The predicted molar refractivity (Wildman–Crippen MR) is 170 cm³/mol. The fourth-order valence-electron chi connectivity index (χ4n) is 5.35. The standard InChI is InChI=1S/C36H37FN2O7.Na/c1-22(2)39-30(17-16-28(40)19-29(41)20-31(42)43)32(25-12-14-27(37)15-13-25)33(24-9-5-4-6-10-24)34(39)35(44)38-21-23-8-7-11-26(18-23)36(45)46-3;/h4-18,22,28-29,40-41H,19-21H2,1-3H3,(H,38,44)(H,42,43);/q;+1/p-1/t28-,29-;/m1./s1. The summed E-state index contributed by atoms with van der Waals surface area (Å²) in [6, 6.07) is 21.6. The minimum Gasteiger partial charge on any atom is -0.550 e. The number of aliphatic hydroxyl groups is 2. The smallest absolute Gasteiger partial charge is 0.550 e. The van der Waals surface area contributed by atoms with Gasteiger partial charge in [-0.15, -0.1) is 0 Å². The van der Waals surface area contributed by atoms with E-state index >= 15 is 0 Å². The minimum atomic E-state index is -1.43. The number of aliphatic hydroxyl groups excluding tert-OH is 2. The predicted octanol–water partition coefficient (Wildman–Crippen LogP) is 1.53. The van der Waals surface area contributed by atoms with Crippen molar-refractivity contribution in [3.8, 4) is 22.3 Å². The number of aliphatic carboxylic acids is 1. The average molecular weight is 651 g/mol. The number of halogens is 1. The summed E-state index contributed by atoms with van der Waals surface area (Å²) in [5, 5.41) is 34.6. The normalized spacial score (nSPS) is 12.4. The van der Waals surface area contributed by atoms with Crippen LogP contribution in [0.3, 0.4) is 0 Å². The third-order valence-corrected chi connectivity index (χ3v) is 7.36. The Kier molecular flexibility index (Phi) is 13.7. The number of benzene rings is 3. The second kappa shape index (κ2) is 17.2. The molecule has 0 spiro atoms. The van der Waals surface area contributed by atoms with Gasteiger partial charge in [0.05, 0.1) is 24.9 Å². The van der Waals surface area contributed by atoms with Crippen molar-refractivity contribution in [3.05, 3.63) is 113 Å². The monoisotopic (exact) mass is 650 g/mol. The second-order valence-corrected chi connectivity index (χ2v) is 11.1. The molecule has 0 aliphatic heterocycles. The van der Waals surface area contributed by atoms with Gasteiger partial charge in [-0.2, -0.15) is 0 Å². The maximum absolute atomic E-state index is 14.2. The number of rotatable bonds is 13. The van der Waals surface area contributed by atoms with Gasteiger partial charge in [-0.05, 0) is 60.9 Å². The van der Waals surface area contributed by atoms with E-state index < -0.39 is 42.3 Å². The van der Waals surface area contributed by atoms with Gasteiger partial charge in [0.15, 0.2) is 0 Å². The molecule has 11 heteroatoms. The zero-order valence-electron chi connectivity index (χ0n) is 26.8. The maximum Gasteiger partial charge on any atom is 1.00 e. The molecule has 0 bridgehead atoms. The van der Waals surface area contributed by atoms with Crippen LogP contribution in [0, 0.1) is 5.82 Å². The van der Waals surface area contributed by atoms with E-state index in [-0.39, 0.29) is 48.6 Å². The fraction of sp³-hybridized carbons (Fsp3) is 0.250. The number of carbonyl (C=O) groups excluding carboxylic acids is 3. The summed E-state index contributed by atoms with van der Waals surface area (Å²) in [7, 11) is 1.29. The van der Waals surface area contributed by atoms with Gasteiger partial charge >= 0.3 is 35.5 Å². The number of hydrogen-bond donors (Lipinski definition) is 3. The van der Waals surface area contributed by atoms with Crippen LogP contribution in [0.5, 0.6) is 0 Å². The molecule has 0 unspecified atom stereocenters. The van der Waals surface area contributed by atoms with Crippen LogP contribution >= 0.6 is 0 Å². The summed E-state index contributed by atoms with van der Waals surface area (Å²) in [5.41, 5.74) is 4.40. The maximum atomic E-state index is 14.2. The molecule has 0 radical (unpaired) electrons. The van der Waals surface area contributed by atoms with E-state index in [1.165, 1.54) is 25.3 Å². The Morgan fingerprint density at radius 2 is 1.62 bits per heavy atom. The average Bonchev–Trinajstić information content (AvgIpc) is 3.38. The summed E-state index contributed by atoms with van der Waals surface area (Å²) < 4.78 is 20.7. The summed E-state index contributed by atoms with van der Waals surface area (Å²) >= 11 is 0. The molecule has 3 N–H and O–H groups in total. The summed E-state index contributed by atoms with van der Waals surface area (Å²) in [4.78, 5) is 37.2. The van der Waals surface area contributed by atoms with Gasteiger partial charge in [-0.3, -0.25) is 4.79 Å². The molecular formula is C36H36FN2NaO7. The Balaban J connectivity index is 0.00000600. The number of ether oxygens (including phenoxy) is 1. The van der Waals surface area contributed by atoms with Crippen molar-refractivity contribution in [3.63, 3.8) is 0 Å². The topological polar surface area (TPSA) is 141 Å². The number of carboxylic acids is 1. The first kappa shape index (κ1) is 37.4. The number of nitrogens with zero attached hydrogens (tertiary/aromatic N) is 1. The van der Waals surface area contributed by atoms with Gasteiger partial charge in [0.2, 0.25) is 0 Å². The number of methoxy groups -OCH3 is 1. The van der Waals surface area contributed by atoms with Crippen molar-refractivity contribution >= 4 is 23.9 Å². The van der Waals surface area contributed by atoms with Crippen LogP contribution in [0.25, 0.3) is 28.3 Å². The van der Waals surface area contributed by atoms with Crippen LogP contribution in [0.15, 0.2) is 84.9 Å². The molecule has 240 valence electrons. The van der Waals surface area contributed by atoms with Crippen molar-refractivity contribution in [2.45, 2.75) is 51.5 Å². The third kappa shape index (κ3) is 9.50. The molecule has 0 aliphatic carbocycles. The van der Waals surface area contributed by atoms with E-state index in [1.54, 1.807) is 42.5 Å². The Morgan fingerprint density at radius 3 is 2.23 bits per heavy atom. The van der Waals surface area contributed by atoms with E-state index in [2.05, 4.69) is 5.32 Å². The van der Waals surface area contributed by atoms with Crippen LogP contribution in [-0.4, -0.2) is 51.9 Å². The van der Waals surface area contributed by atoms with E-state index in [0.29, 0.717) is 39.2 Å². The third-order valence-electron chi connectivity index (χ3n) is 7.36. The first-order valence-corrected chi connectivity index (χ1v) is 14.8. The van der Waals surface area contributed by atoms with E-state index in [1.807, 2.05) is 48.7 Å². The molecule has 0 saturated heterocycles. The summed E-state index contributed by atoms with van der Waals surface area (Å²) in [5.74, 6) is -2.78. The van der Waals surface area contributed by atoms with Crippen molar-refractivity contribution in [1.82, 2.24) is 9.88 Å². The molecule has 4 aromatic rings. The first-order chi connectivity index (χ1) is 22.0. The van der Waals surface area contributed by atoms with Gasteiger partial charge in [-0.25, -0.2) is 9.18 Å². The molecule has 1 aromatic heterocycles. The Hall–Kier alpha value is -4.06. The molecule has 9 nitrogen and oxygen atoms in total. The molecule has 4 rings (SSSR count). The van der Waals surface area contributed by atoms with Crippen LogP contribution in [0.1, 0.15) is 64.8 Å². The molecule has 0 aliphatic rings. The quantitative estimate of drug-likeness (QED) is 0.147. The number of nitrogens with one attached hydrogen (secondary N) is 1. The van der Waals surface area contributed by atoms with Gasteiger partial charge in [-0.1, -0.05) is 60.7 Å². The van der Waals surface area contributed by atoms with E-state index in [4.69, 9.17) is 4.74 Å². The van der Waals surface area contributed by atoms with E-state index in [0.717, 1.165) is 5.56 Å². The second-order valence-electron chi connectivity index (χ2n) is 11.1. The van der Waals surface area contributed by atoms with Crippen molar-refractivity contribution in [2.75, 3.05) is 7.11 Å². The number of amides is 1. The number of carbonyl (C=O) groups is 3. The Morgan fingerprint density at radius 1 is 0.957 bits per heavy atom. The SMILES string of the molecule is COC(=O)c1cccc(CNC(=O)c2c(-c3ccccc3)c(-c3ccc(F)cc3)c(C=C[C@@H](O)C[C@@H](O)CC(=O)[O-])n2C(C)C)c1.[Na+]. The zero-order chi connectivity index (χ0) is 33.4. The number of hydrogen-bond acceptors (Lipinski definition) is 7. The first-order valence-electron chi connectivity index (χ1n) is 14.8. The van der Waals surface area contributed by atoms with Gasteiger partial charge in [0, 0.05) is 48.2 Å². The molecule has 0 saturated carbocycles. The van der Waals surface area contributed by atoms with Crippen LogP contribution in [0.4, 0.5) is 4.39 Å². The van der Waals surface area contributed by atoms with Crippen LogP contribution < -0.4 is 40.0 Å².